The summed E-state index contributed by atoms with van der Waals surface area (Å²) in [6.07, 6.45) is 6.46. The van der Waals surface area contributed by atoms with Crippen molar-refractivity contribution in [2.45, 2.75) is 46.2 Å². The molecular weight excluding hydrogens is 376 g/mol. The van der Waals surface area contributed by atoms with E-state index in [0.717, 1.165) is 41.0 Å². The van der Waals surface area contributed by atoms with E-state index in [-0.39, 0.29) is 12.1 Å². The Bertz CT molecular complexity index is 1190. The second-order valence-electron chi connectivity index (χ2n) is 7.73. The van der Waals surface area contributed by atoms with Crippen molar-refractivity contribution in [3.8, 4) is 23.0 Å². The highest BCUT2D eigenvalue weighted by Crippen LogP contribution is 2.40. The molecule has 4 aromatic rings. The molecule has 8 nitrogen and oxygen atoms in total. The van der Waals surface area contributed by atoms with Gasteiger partial charge in [0.2, 0.25) is 5.95 Å². The lowest BCUT2D eigenvalue weighted by Gasteiger charge is -2.39. The SMILES string of the molecule is CCC1c2nnc(C)n2-c2cnc(-n3ccnc3-c3ccccc3)nc2N1C(C)C. The van der Waals surface area contributed by atoms with Crippen LogP contribution >= 0.6 is 0 Å². The van der Waals surface area contributed by atoms with Gasteiger partial charge in [0.25, 0.3) is 0 Å². The van der Waals surface area contributed by atoms with Crippen LogP contribution in [0.5, 0.6) is 0 Å². The summed E-state index contributed by atoms with van der Waals surface area (Å²) in [5, 5.41) is 8.80. The summed E-state index contributed by atoms with van der Waals surface area (Å²) < 4.78 is 4.02. The molecule has 30 heavy (non-hydrogen) atoms. The zero-order chi connectivity index (χ0) is 20.8. The van der Waals surface area contributed by atoms with Crippen molar-refractivity contribution in [1.29, 1.82) is 0 Å². The van der Waals surface area contributed by atoms with E-state index in [2.05, 4.69) is 45.4 Å². The van der Waals surface area contributed by atoms with Crippen LogP contribution in [0.3, 0.4) is 0 Å². The summed E-state index contributed by atoms with van der Waals surface area (Å²) in [4.78, 5) is 16.6. The van der Waals surface area contributed by atoms with Crippen LogP contribution in [-0.4, -0.2) is 40.3 Å². The smallest absolute Gasteiger partial charge is 0.237 e. The number of hydrogen-bond donors (Lipinski definition) is 0. The number of rotatable bonds is 4. The fourth-order valence-corrected chi connectivity index (χ4v) is 4.23. The van der Waals surface area contributed by atoms with Gasteiger partial charge in [-0.15, -0.1) is 10.2 Å². The van der Waals surface area contributed by atoms with E-state index in [0.29, 0.717) is 5.95 Å². The molecule has 0 spiro atoms. The molecule has 0 saturated carbocycles. The molecule has 4 heterocycles. The Hall–Kier alpha value is -3.55. The largest absolute Gasteiger partial charge is 0.342 e. The predicted octanol–water partition coefficient (Wildman–Crippen LogP) is 3.90. The van der Waals surface area contributed by atoms with Crippen LogP contribution in [0.2, 0.25) is 0 Å². The Kier molecular flexibility index (Phi) is 4.34. The number of hydrogen-bond acceptors (Lipinski definition) is 6. The molecule has 3 aromatic heterocycles. The molecule has 1 unspecified atom stereocenters. The number of imidazole rings is 1. The highest BCUT2D eigenvalue weighted by atomic mass is 15.4. The standard InChI is InChI=1S/C22H24N8/c1-5-17-21-27-26-15(4)30(21)18-13-24-22(25-20(18)29(17)14(2)3)28-12-11-23-19(28)16-9-7-6-8-10-16/h6-14,17H,5H2,1-4H3. The fraction of sp³-hybridized carbons (Fsp3) is 0.318. The van der Waals surface area contributed by atoms with Gasteiger partial charge < -0.3 is 4.90 Å². The Morgan fingerprint density at radius 1 is 1.07 bits per heavy atom. The summed E-state index contributed by atoms with van der Waals surface area (Å²) >= 11 is 0. The second-order valence-corrected chi connectivity index (χ2v) is 7.73. The van der Waals surface area contributed by atoms with Crippen molar-refractivity contribution in [2.75, 3.05) is 4.90 Å². The van der Waals surface area contributed by atoms with Gasteiger partial charge in [0.15, 0.2) is 11.6 Å². The lowest BCUT2D eigenvalue weighted by molar-refractivity contribution is 0.496. The van der Waals surface area contributed by atoms with Crippen molar-refractivity contribution in [2.24, 2.45) is 0 Å². The normalized spacial score (nSPS) is 15.4. The minimum Gasteiger partial charge on any atom is -0.342 e. The first kappa shape index (κ1) is 18.5. The van der Waals surface area contributed by atoms with Crippen LogP contribution in [-0.2, 0) is 0 Å². The fourth-order valence-electron chi connectivity index (χ4n) is 4.23. The maximum Gasteiger partial charge on any atom is 0.237 e. The quantitative estimate of drug-likeness (QED) is 0.517. The van der Waals surface area contributed by atoms with Gasteiger partial charge in [-0.1, -0.05) is 37.3 Å². The third-order valence-electron chi connectivity index (χ3n) is 5.54. The van der Waals surface area contributed by atoms with Crippen molar-refractivity contribution < 1.29 is 0 Å². The first-order valence-corrected chi connectivity index (χ1v) is 10.3. The van der Waals surface area contributed by atoms with Crippen molar-refractivity contribution in [3.63, 3.8) is 0 Å². The number of nitrogens with zero attached hydrogens (tertiary/aromatic N) is 8. The first-order valence-electron chi connectivity index (χ1n) is 10.3. The molecule has 1 aliphatic rings. The molecule has 8 heteroatoms. The van der Waals surface area contributed by atoms with Gasteiger partial charge >= 0.3 is 0 Å². The number of benzene rings is 1. The maximum atomic E-state index is 5.02. The molecule has 0 fully saturated rings. The highest BCUT2D eigenvalue weighted by Gasteiger charge is 2.36. The van der Waals surface area contributed by atoms with Crippen molar-refractivity contribution >= 4 is 5.82 Å². The van der Waals surface area contributed by atoms with E-state index in [1.54, 1.807) is 6.20 Å². The zero-order valence-corrected chi connectivity index (χ0v) is 17.6. The monoisotopic (exact) mass is 400 g/mol. The summed E-state index contributed by atoms with van der Waals surface area (Å²) in [5.74, 6) is 4.10. The average molecular weight is 400 g/mol. The third kappa shape index (κ3) is 2.71. The Morgan fingerprint density at radius 2 is 1.87 bits per heavy atom. The number of anilines is 1. The van der Waals surface area contributed by atoms with Crippen LogP contribution < -0.4 is 4.90 Å². The van der Waals surface area contributed by atoms with Gasteiger partial charge in [0.05, 0.1) is 12.2 Å². The summed E-state index contributed by atoms with van der Waals surface area (Å²) in [6, 6.07) is 10.4. The molecule has 0 bridgehead atoms. The van der Waals surface area contributed by atoms with Gasteiger partial charge in [-0.3, -0.25) is 9.13 Å². The molecule has 5 rings (SSSR count). The molecule has 1 atom stereocenters. The lowest BCUT2D eigenvalue weighted by atomic mass is 10.1. The first-order chi connectivity index (χ1) is 14.6. The summed E-state index contributed by atoms with van der Waals surface area (Å²) in [6.45, 7) is 8.50. The average Bonchev–Trinajstić information content (AvgIpc) is 3.40. The predicted molar refractivity (Wildman–Crippen MR) is 115 cm³/mol. The van der Waals surface area contributed by atoms with Gasteiger partial charge in [0.1, 0.15) is 17.3 Å². The number of aryl methyl sites for hydroxylation is 1. The minimum absolute atomic E-state index is 0.109. The van der Waals surface area contributed by atoms with Crippen LogP contribution in [0.1, 0.15) is 44.9 Å². The van der Waals surface area contributed by atoms with E-state index in [1.807, 2.05) is 54.2 Å². The van der Waals surface area contributed by atoms with Crippen molar-refractivity contribution in [3.05, 3.63) is 60.6 Å². The second kappa shape index (κ2) is 7.05. The zero-order valence-electron chi connectivity index (χ0n) is 17.6. The molecule has 0 N–H and O–H groups in total. The molecular formula is C22H24N8. The van der Waals surface area contributed by atoms with Gasteiger partial charge in [0, 0.05) is 24.0 Å². The van der Waals surface area contributed by atoms with E-state index < -0.39 is 0 Å². The number of aromatic nitrogens is 7. The van der Waals surface area contributed by atoms with E-state index in [4.69, 9.17) is 9.97 Å². The van der Waals surface area contributed by atoms with Crippen molar-refractivity contribution in [1.82, 2.24) is 34.3 Å². The van der Waals surface area contributed by atoms with Crippen LogP contribution in [0.25, 0.3) is 23.0 Å². The van der Waals surface area contributed by atoms with Gasteiger partial charge in [-0.25, -0.2) is 9.97 Å². The molecule has 0 amide bonds. The lowest BCUT2D eigenvalue weighted by Crippen LogP contribution is -2.40. The molecule has 0 saturated heterocycles. The third-order valence-corrected chi connectivity index (χ3v) is 5.54. The van der Waals surface area contributed by atoms with Crippen LogP contribution in [0.4, 0.5) is 5.82 Å². The molecule has 1 aromatic carbocycles. The molecule has 0 aliphatic carbocycles. The van der Waals surface area contributed by atoms with Crippen LogP contribution in [0.15, 0.2) is 48.9 Å². The topological polar surface area (TPSA) is 77.5 Å². The Labute approximate surface area is 175 Å². The molecule has 0 radical (unpaired) electrons. The summed E-state index contributed by atoms with van der Waals surface area (Å²) in [7, 11) is 0. The van der Waals surface area contributed by atoms with E-state index >= 15 is 0 Å². The van der Waals surface area contributed by atoms with E-state index in [1.165, 1.54) is 0 Å². The highest BCUT2D eigenvalue weighted by molar-refractivity contribution is 5.64. The molecule has 1 aliphatic heterocycles. The van der Waals surface area contributed by atoms with Crippen LogP contribution in [0, 0.1) is 6.92 Å². The van der Waals surface area contributed by atoms with Gasteiger partial charge in [-0.2, -0.15) is 4.98 Å². The maximum absolute atomic E-state index is 5.02. The summed E-state index contributed by atoms with van der Waals surface area (Å²) in [5.41, 5.74) is 1.93. The van der Waals surface area contributed by atoms with Gasteiger partial charge in [-0.05, 0) is 27.2 Å². The Balaban J connectivity index is 1.70. The Morgan fingerprint density at radius 3 is 2.60 bits per heavy atom. The molecule has 152 valence electrons. The number of fused-ring (bicyclic) bond motifs is 3. The minimum atomic E-state index is 0.109. The van der Waals surface area contributed by atoms with E-state index in [9.17, 15) is 0 Å².